The van der Waals surface area contributed by atoms with Crippen molar-refractivity contribution in [1.29, 1.82) is 0 Å². The van der Waals surface area contributed by atoms with Crippen molar-refractivity contribution in [2.24, 2.45) is 0 Å². The van der Waals surface area contributed by atoms with Gasteiger partial charge < -0.3 is 11.1 Å². The Hall–Kier alpha value is -2.02. The fourth-order valence-corrected chi connectivity index (χ4v) is 1.97. The van der Waals surface area contributed by atoms with Crippen molar-refractivity contribution >= 4 is 33.3 Å². The number of amides is 1. The summed E-state index contributed by atoms with van der Waals surface area (Å²) in [6.45, 7) is 3.51. The fraction of sp³-hybridized carbons (Fsp3) is 0.167. The van der Waals surface area contributed by atoms with Crippen LogP contribution >= 0.6 is 15.9 Å². The Morgan fingerprint density at radius 1 is 1.32 bits per heavy atom. The van der Waals surface area contributed by atoms with Crippen LogP contribution in [0.3, 0.4) is 0 Å². The Kier molecular flexibility index (Phi) is 3.75. The van der Waals surface area contributed by atoms with Crippen LogP contribution in [0.1, 0.15) is 21.7 Å². The normalized spacial score (nSPS) is 10.3. The predicted octanol–water partition coefficient (Wildman–Crippen LogP) is 2.09. The number of halogens is 1. The highest BCUT2D eigenvalue weighted by Gasteiger charge is 2.13. The van der Waals surface area contributed by atoms with E-state index in [4.69, 9.17) is 5.73 Å². The quantitative estimate of drug-likeness (QED) is 0.883. The maximum Gasteiger partial charge on any atom is 0.258 e. The van der Waals surface area contributed by atoms with Crippen molar-refractivity contribution in [3.8, 4) is 0 Å². The molecule has 7 heteroatoms. The van der Waals surface area contributed by atoms with Crippen LogP contribution in [-0.4, -0.2) is 21.1 Å². The zero-order chi connectivity index (χ0) is 14.0. The Bertz CT molecular complexity index is 644. The maximum atomic E-state index is 12.2. The van der Waals surface area contributed by atoms with E-state index in [0.717, 1.165) is 0 Å². The topological polar surface area (TPSA) is 93.8 Å². The van der Waals surface area contributed by atoms with Gasteiger partial charge in [0.2, 0.25) is 0 Å². The molecule has 0 spiro atoms. The number of nitrogens with two attached hydrogens (primary N) is 1. The van der Waals surface area contributed by atoms with Crippen molar-refractivity contribution < 1.29 is 4.79 Å². The molecule has 0 bridgehead atoms. The van der Waals surface area contributed by atoms with Crippen molar-refractivity contribution in [1.82, 2.24) is 15.2 Å². The summed E-state index contributed by atoms with van der Waals surface area (Å²) in [5.74, 6) is 0.126. The van der Waals surface area contributed by atoms with Crippen LogP contribution in [0.4, 0.5) is 11.5 Å². The molecule has 6 nitrogen and oxygen atoms in total. The molecule has 98 valence electrons. The molecule has 3 N–H and O–H groups in total. The number of rotatable bonds is 2. The number of carbonyl (C=O) groups is 1. The number of hydrogen-bond acceptors (Lipinski definition) is 5. The lowest BCUT2D eigenvalue weighted by Crippen LogP contribution is -2.16. The lowest BCUT2D eigenvalue weighted by atomic mass is 10.2. The third-order valence-electron chi connectivity index (χ3n) is 2.44. The first-order valence-electron chi connectivity index (χ1n) is 5.50. The van der Waals surface area contributed by atoms with Crippen LogP contribution in [-0.2, 0) is 0 Å². The molecule has 0 aliphatic carbocycles. The van der Waals surface area contributed by atoms with Gasteiger partial charge in [-0.1, -0.05) is 0 Å². The van der Waals surface area contributed by atoms with E-state index >= 15 is 0 Å². The summed E-state index contributed by atoms with van der Waals surface area (Å²) in [6, 6.07) is 3.36. The van der Waals surface area contributed by atoms with Gasteiger partial charge in [-0.3, -0.25) is 4.79 Å². The van der Waals surface area contributed by atoms with E-state index in [2.05, 4.69) is 36.4 Å². The van der Waals surface area contributed by atoms with E-state index in [0.29, 0.717) is 32.9 Å². The second kappa shape index (κ2) is 5.31. The van der Waals surface area contributed by atoms with Crippen LogP contribution in [0.15, 0.2) is 22.8 Å². The molecular formula is C12H12BrN5O. The first-order chi connectivity index (χ1) is 8.97. The van der Waals surface area contributed by atoms with E-state index in [-0.39, 0.29) is 5.91 Å². The van der Waals surface area contributed by atoms with E-state index in [1.807, 2.05) is 0 Å². The van der Waals surface area contributed by atoms with Gasteiger partial charge in [0, 0.05) is 0 Å². The number of nitrogens with one attached hydrogen (secondary N) is 1. The molecule has 19 heavy (non-hydrogen) atoms. The highest BCUT2D eigenvalue weighted by molar-refractivity contribution is 9.10. The average Bonchev–Trinajstić information content (AvgIpc) is 2.35. The number of hydrogen-bond donors (Lipinski definition) is 2. The molecule has 0 unspecified atom stereocenters. The van der Waals surface area contributed by atoms with Crippen molar-refractivity contribution in [3.63, 3.8) is 0 Å². The minimum atomic E-state index is -0.284. The zero-order valence-electron chi connectivity index (χ0n) is 10.4. The van der Waals surface area contributed by atoms with Crippen molar-refractivity contribution in [2.75, 3.05) is 11.1 Å². The van der Waals surface area contributed by atoms with Gasteiger partial charge in [-0.05, 0) is 41.9 Å². The summed E-state index contributed by atoms with van der Waals surface area (Å²) < 4.78 is 0.622. The SMILES string of the molecule is Cc1cc(C(=O)Nc2ncc(N)cc2Br)c(C)nn1. The summed E-state index contributed by atoms with van der Waals surface area (Å²) in [7, 11) is 0. The summed E-state index contributed by atoms with van der Waals surface area (Å²) in [5.41, 5.74) is 7.82. The maximum absolute atomic E-state index is 12.2. The zero-order valence-corrected chi connectivity index (χ0v) is 12.0. The fourth-order valence-electron chi connectivity index (χ4n) is 1.50. The second-order valence-corrected chi connectivity index (χ2v) is 4.89. The Balaban J connectivity index is 2.28. The first kappa shape index (κ1) is 13.4. The van der Waals surface area contributed by atoms with Gasteiger partial charge in [0.25, 0.3) is 5.91 Å². The van der Waals surface area contributed by atoms with Gasteiger partial charge in [0.05, 0.1) is 33.3 Å². The minimum absolute atomic E-state index is 0.284. The molecule has 0 radical (unpaired) electrons. The molecule has 1 amide bonds. The number of nitrogens with zero attached hydrogens (tertiary/aromatic N) is 3. The molecule has 0 fully saturated rings. The van der Waals surface area contributed by atoms with Crippen LogP contribution in [0.5, 0.6) is 0 Å². The number of aryl methyl sites for hydroxylation is 2. The van der Waals surface area contributed by atoms with Crippen LogP contribution < -0.4 is 11.1 Å². The molecule has 2 rings (SSSR count). The van der Waals surface area contributed by atoms with Gasteiger partial charge in [-0.15, -0.1) is 0 Å². The monoisotopic (exact) mass is 321 g/mol. The van der Waals surface area contributed by atoms with Crippen molar-refractivity contribution in [2.45, 2.75) is 13.8 Å². The third-order valence-corrected chi connectivity index (χ3v) is 3.04. The molecule has 2 heterocycles. The van der Waals surface area contributed by atoms with E-state index in [9.17, 15) is 4.79 Å². The lowest BCUT2D eigenvalue weighted by molar-refractivity contribution is 0.102. The van der Waals surface area contributed by atoms with Crippen LogP contribution in [0, 0.1) is 13.8 Å². The van der Waals surface area contributed by atoms with E-state index in [1.165, 1.54) is 6.20 Å². The first-order valence-corrected chi connectivity index (χ1v) is 6.30. The van der Waals surface area contributed by atoms with Crippen LogP contribution in [0.2, 0.25) is 0 Å². The number of nitrogen functional groups attached to an aromatic ring is 1. The molecule has 0 aliphatic heterocycles. The van der Waals surface area contributed by atoms with E-state index < -0.39 is 0 Å². The number of aromatic nitrogens is 3. The summed E-state index contributed by atoms with van der Waals surface area (Å²) in [6.07, 6.45) is 1.48. The van der Waals surface area contributed by atoms with E-state index in [1.54, 1.807) is 26.0 Å². The van der Waals surface area contributed by atoms with Gasteiger partial charge in [-0.2, -0.15) is 10.2 Å². The largest absolute Gasteiger partial charge is 0.397 e. The standard InChI is InChI=1S/C12H12BrN5O/c1-6-3-9(7(2)18-17-6)12(19)16-11-10(13)4-8(14)5-15-11/h3-5H,14H2,1-2H3,(H,15,16,19). The summed E-state index contributed by atoms with van der Waals surface area (Å²) in [4.78, 5) is 16.2. The minimum Gasteiger partial charge on any atom is -0.397 e. The highest BCUT2D eigenvalue weighted by atomic mass is 79.9. The molecule has 0 aliphatic rings. The Labute approximate surface area is 118 Å². The molecule has 0 saturated heterocycles. The molecule has 2 aromatic heterocycles. The molecular weight excluding hydrogens is 310 g/mol. The van der Waals surface area contributed by atoms with Gasteiger partial charge in [-0.25, -0.2) is 4.98 Å². The summed E-state index contributed by atoms with van der Waals surface area (Å²) >= 11 is 3.30. The van der Waals surface area contributed by atoms with Crippen molar-refractivity contribution in [3.05, 3.63) is 39.8 Å². The number of anilines is 2. The Morgan fingerprint density at radius 2 is 2.05 bits per heavy atom. The van der Waals surface area contributed by atoms with Crippen LogP contribution in [0.25, 0.3) is 0 Å². The Morgan fingerprint density at radius 3 is 2.74 bits per heavy atom. The predicted molar refractivity (Wildman–Crippen MR) is 75.8 cm³/mol. The molecule has 0 saturated carbocycles. The summed E-state index contributed by atoms with van der Waals surface area (Å²) in [5, 5.41) is 10.5. The average molecular weight is 322 g/mol. The third kappa shape index (κ3) is 3.05. The molecule has 2 aromatic rings. The van der Waals surface area contributed by atoms with Gasteiger partial charge in [0.15, 0.2) is 0 Å². The smallest absolute Gasteiger partial charge is 0.258 e. The number of carbonyl (C=O) groups excluding carboxylic acids is 1. The highest BCUT2D eigenvalue weighted by Crippen LogP contribution is 2.22. The molecule has 0 aromatic carbocycles. The lowest BCUT2D eigenvalue weighted by Gasteiger charge is -2.08. The second-order valence-electron chi connectivity index (χ2n) is 4.04. The number of pyridine rings is 1. The van der Waals surface area contributed by atoms with Gasteiger partial charge >= 0.3 is 0 Å². The molecule has 0 atom stereocenters. The van der Waals surface area contributed by atoms with Gasteiger partial charge in [0.1, 0.15) is 5.82 Å².